The average molecular weight is 495 g/mol. The van der Waals surface area contributed by atoms with Crippen LogP contribution in [0.4, 0.5) is 0 Å². The first kappa shape index (κ1) is 24.7. The topological polar surface area (TPSA) is 88.1 Å². The minimum atomic E-state index is -0.850. The first-order valence-corrected chi connectivity index (χ1v) is 10.4. The van der Waals surface area contributed by atoms with Crippen molar-refractivity contribution < 1.29 is 33.3 Å². The smallest absolute Gasteiger partial charge is 0.345 e. The summed E-state index contributed by atoms with van der Waals surface area (Å²) in [7, 11) is 2.69. The van der Waals surface area contributed by atoms with Crippen LogP contribution in [0.1, 0.15) is 51.9 Å². The Labute approximate surface area is 190 Å². The van der Waals surface area contributed by atoms with Gasteiger partial charge >= 0.3 is 17.9 Å². The van der Waals surface area contributed by atoms with E-state index in [2.05, 4.69) is 15.9 Å². The number of methoxy groups -OCH3 is 2. The van der Waals surface area contributed by atoms with E-state index in [1.165, 1.54) is 20.3 Å². The summed E-state index contributed by atoms with van der Waals surface area (Å²) in [5.41, 5.74) is -1.84. The first-order valence-electron chi connectivity index (χ1n) is 9.57. The van der Waals surface area contributed by atoms with E-state index < -0.39 is 28.7 Å². The van der Waals surface area contributed by atoms with Crippen molar-refractivity contribution >= 4 is 44.6 Å². The SMILES string of the molecule is COC(=O)c1c(OC(=O)C(C)(C)C)cc2cc(Br)c(OC)cc2c1OC(=O)C(C)(C)C. The van der Waals surface area contributed by atoms with Crippen LogP contribution in [0.2, 0.25) is 0 Å². The Morgan fingerprint density at radius 2 is 1.35 bits per heavy atom. The van der Waals surface area contributed by atoms with Gasteiger partial charge in [-0.2, -0.15) is 0 Å². The Morgan fingerprint density at radius 3 is 1.84 bits per heavy atom. The number of ether oxygens (including phenoxy) is 4. The van der Waals surface area contributed by atoms with Crippen LogP contribution in [0.3, 0.4) is 0 Å². The molecular formula is C23H27BrO7. The molecule has 0 spiro atoms. The quantitative estimate of drug-likeness (QED) is 0.420. The summed E-state index contributed by atoms with van der Waals surface area (Å²) in [5, 5.41) is 0.988. The van der Waals surface area contributed by atoms with E-state index in [4.69, 9.17) is 18.9 Å². The Kier molecular flexibility index (Phi) is 7.05. The third-order valence-electron chi connectivity index (χ3n) is 4.34. The molecule has 0 aliphatic rings. The van der Waals surface area contributed by atoms with Gasteiger partial charge < -0.3 is 18.9 Å². The summed E-state index contributed by atoms with van der Waals surface area (Å²) in [6.45, 7) is 10.1. The molecule has 2 rings (SSSR count). The van der Waals surface area contributed by atoms with Crippen LogP contribution < -0.4 is 14.2 Å². The van der Waals surface area contributed by atoms with Crippen molar-refractivity contribution in [3.05, 3.63) is 28.2 Å². The molecule has 0 N–H and O–H groups in total. The van der Waals surface area contributed by atoms with Gasteiger partial charge in [0.05, 0.1) is 29.5 Å². The zero-order valence-electron chi connectivity index (χ0n) is 19.0. The van der Waals surface area contributed by atoms with Crippen molar-refractivity contribution in [1.29, 1.82) is 0 Å². The number of benzene rings is 2. The highest BCUT2D eigenvalue weighted by molar-refractivity contribution is 9.10. The largest absolute Gasteiger partial charge is 0.496 e. The predicted molar refractivity (Wildman–Crippen MR) is 120 cm³/mol. The molecule has 2 aromatic rings. The minimum Gasteiger partial charge on any atom is -0.496 e. The number of carbonyl (C=O) groups is 3. The van der Waals surface area contributed by atoms with Gasteiger partial charge in [-0.1, -0.05) is 0 Å². The summed E-state index contributed by atoms with van der Waals surface area (Å²) >= 11 is 3.42. The van der Waals surface area contributed by atoms with Crippen LogP contribution in [-0.2, 0) is 14.3 Å². The van der Waals surface area contributed by atoms with Crippen molar-refractivity contribution in [2.24, 2.45) is 10.8 Å². The maximum absolute atomic E-state index is 12.7. The number of hydrogen-bond donors (Lipinski definition) is 0. The average Bonchev–Trinajstić information content (AvgIpc) is 2.65. The molecule has 0 fully saturated rings. The fraction of sp³-hybridized carbons (Fsp3) is 0.435. The Bertz CT molecular complexity index is 1040. The van der Waals surface area contributed by atoms with E-state index in [1.54, 1.807) is 53.7 Å². The molecule has 0 saturated carbocycles. The van der Waals surface area contributed by atoms with Gasteiger partial charge in [-0.25, -0.2) is 4.79 Å². The maximum Gasteiger partial charge on any atom is 0.345 e. The molecule has 0 aromatic heterocycles. The summed E-state index contributed by atoms with van der Waals surface area (Å²) in [5.74, 6) is -1.59. The normalized spacial score (nSPS) is 11.8. The van der Waals surface area contributed by atoms with Gasteiger partial charge in [-0.3, -0.25) is 9.59 Å². The Morgan fingerprint density at radius 1 is 0.806 bits per heavy atom. The second kappa shape index (κ2) is 8.86. The van der Waals surface area contributed by atoms with Gasteiger partial charge in [0, 0.05) is 5.39 Å². The second-order valence-electron chi connectivity index (χ2n) is 9.06. The molecule has 7 nitrogen and oxygen atoms in total. The highest BCUT2D eigenvalue weighted by Crippen LogP contribution is 2.43. The highest BCUT2D eigenvalue weighted by Gasteiger charge is 2.32. The molecule has 0 aliphatic heterocycles. The molecule has 0 amide bonds. The van der Waals surface area contributed by atoms with Gasteiger partial charge in [-0.15, -0.1) is 0 Å². The molecule has 0 heterocycles. The van der Waals surface area contributed by atoms with Crippen molar-refractivity contribution in [3.8, 4) is 17.2 Å². The molecule has 0 aliphatic carbocycles. The summed E-state index contributed by atoms with van der Waals surface area (Å²) in [6, 6.07) is 4.88. The van der Waals surface area contributed by atoms with Gasteiger partial charge in [0.15, 0.2) is 5.75 Å². The standard InChI is InChI=1S/C23H27BrO7/c1-22(2,3)20(26)30-16-10-12-9-14(24)15(28-7)11-13(12)18(17(16)19(25)29-8)31-21(27)23(4,5)6/h9-11H,1-8H3. The molecule has 168 valence electrons. The number of esters is 3. The lowest BCUT2D eigenvalue weighted by Gasteiger charge is -2.22. The fourth-order valence-corrected chi connectivity index (χ4v) is 3.00. The molecule has 0 unspecified atom stereocenters. The molecule has 0 bridgehead atoms. The molecular weight excluding hydrogens is 468 g/mol. The van der Waals surface area contributed by atoms with Crippen molar-refractivity contribution in [2.75, 3.05) is 14.2 Å². The van der Waals surface area contributed by atoms with E-state index >= 15 is 0 Å². The second-order valence-corrected chi connectivity index (χ2v) is 9.91. The molecule has 31 heavy (non-hydrogen) atoms. The lowest BCUT2D eigenvalue weighted by molar-refractivity contribution is -0.143. The highest BCUT2D eigenvalue weighted by atomic mass is 79.9. The third-order valence-corrected chi connectivity index (χ3v) is 4.96. The minimum absolute atomic E-state index is 0.0620. The van der Waals surface area contributed by atoms with Crippen molar-refractivity contribution in [1.82, 2.24) is 0 Å². The lowest BCUT2D eigenvalue weighted by Crippen LogP contribution is -2.28. The molecule has 8 heteroatoms. The number of halogens is 1. The first-order chi connectivity index (χ1) is 14.2. The van der Waals surface area contributed by atoms with Gasteiger partial charge in [0.25, 0.3) is 0 Å². The van der Waals surface area contributed by atoms with E-state index in [1.807, 2.05) is 0 Å². The number of rotatable bonds is 4. The van der Waals surface area contributed by atoms with Crippen LogP contribution in [0.5, 0.6) is 17.2 Å². The van der Waals surface area contributed by atoms with E-state index in [0.717, 1.165) is 0 Å². The predicted octanol–water partition coefficient (Wildman–Crippen LogP) is 5.30. The van der Waals surface area contributed by atoms with E-state index in [9.17, 15) is 14.4 Å². The third kappa shape index (κ3) is 5.36. The lowest BCUT2D eigenvalue weighted by atomic mass is 9.96. The zero-order valence-corrected chi connectivity index (χ0v) is 20.6. The van der Waals surface area contributed by atoms with Crippen molar-refractivity contribution in [2.45, 2.75) is 41.5 Å². The van der Waals surface area contributed by atoms with Gasteiger partial charge in [0.1, 0.15) is 17.1 Å². The monoisotopic (exact) mass is 494 g/mol. The number of fused-ring (bicyclic) bond motifs is 1. The Balaban J connectivity index is 2.91. The molecule has 0 atom stereocenters. The van der Waals surface area contributed by atoms with E-state index in [-0.39, 0.29) is 17.1 Å². The summed E-state index contributed by atoms with van der Waals surface area (Å²) < 4.78 is 22.2. The van der Waals surface area contributed by atoms with E-state index in [0.29, 0.717) is 21.0 Å². The summed E-state index contributed by atoms with van der Waals surface area (Å²) in [4.78, 5) is 38.1. The molecule has 2 aromatic carbocycles. The number of carbonyl (C=O) groups excluding carboxylic acids is 3. The molecule has 0 radical (unpaired) electrons. The summed E-state index contributed by atoms with van der Waals surface area (Å²) in [6.07, 6.45) is 0. The van der Waals surface area contributed by atoms with Crippen LogP contribution in [0, 0.1) is 10.8 Å². The number of hydrogen-bond acceptors (Lipinski definition) is 7. The van der Waals surface area contributed by atoms with Crippen LogP contribution >= 0.6 is 15.9 Å². The van der Waals surface area contributed by atoms with Crippen molar-refractivity contribution in [3.63, 3.8) is 0 Å². The van der Waals surface area contributed by atoms with Gasteiger partial charge in [0.2, 0.25) is 0 Å². The van der Waals surface area contributed by atoms with Gasteiger partial charge in [-0.05, 0) is 81.1 Å². The molecule has 0 saturated heterocycles. The van der Waals surface area contributed by atoms with Crippen LogP contribution in [0.25, 0.3) is 10.8 Å². The Hall–Kier alpha value is -2.61. The van der Waals surface area contributed by atoms with Crippen LogP contribution in [0.15, 0.2) is 22.7 Å². The fourth-order valence-electron chi connectivity index (χ4n) is 2.48. The zero-order chi connectivity index (χ0) is 23.7. The van der Waals surface area contributed by atoms with Crippen LogP contribution in [-0.4, -0.2) is 32.1 Å². The maximum atomic E-state index is 12.7.